The first kappa shape index (κ1) is 23.4. The van der Waals surface area contributed by atoms with E-state index in [2.05, 4.69) is 55.5 Å². The second kappa shape index (κ2) is 18.8. The molecular formula is C23H38O2. The summed E-state index contributed by atoms with van der Waals surface area (Å²) in [5, 5.41) is 0. The van der Waals surface area contributed by atoms with Crippen LogP contribution < -0.4 is 0 Å². The number of carbonyl (C=O) groups excluding carboxylic acids is 1. The first-order valence-corrected chi connectivity index (χ1v) is 9.95. The number of allylic oxidation sites excluding steroid dienone is 8. The fourth-order valence-corrected chi connectivity index (χ4v) is 2.10. The highest BCUT2D eigenvalue weighted by Crippen LogP contribution is 2.01. The molecule has 2 heteroatoms. The van der Waals surface area contributed by atoms with E-state index < -0.39 is 0 Å². The van der Waals surface area contributed by atoms with Crippen LogP contribution in [0.15, 0.2) is 48.6 Å². The van der Waals surface area contributed by atoms with Crippen molar-refractivity contribution in [3.05, 3.63) is 48.6 Å². The topological polar surface area (TPSA) is 26.3 Å². The van der Waals surface area contributed by atoms with Crippen LogP contribution in [-0.4, -0.2) is 12.6 Å². The number of esters is 1. The molecule has 142 valence electrons. The van der Waals surface area contributed by atoms with Crippen molar-refractivity contribution in [3.8, 4) is 0 Å². The van der Waals surface area contributed by atoms with E-state index in [4.69, 9.17) is 4.74 Å². The van der Waals surface area contributed by atoms with Crippen LogP contribution in [0.4, 0.5) is 0 Å². The van der Waals surface area contributed by atoms with E-state index in [0.717, 1.165) is 32.1 Å². The van der Waals surface area contributed by atoms with Crippen LogP contribution in [0.5, 0.6) is 0 Å². The van der Waals surface area contributed by atoms with Crippen LogP contribution >= 0.6 is 0 Å². The standard InChI is InChI=1S/C23H38O2/c1-4-5-6-7-8-9-10-11-12-13-14-15-16-17-18-19-20-21-25-23(24)22(2)3/h8-9,11-12,14-15,17-18,22H,4-7,10,13,16,19-21H2,1-3H3/b9-8-,12-11-,15-14-,18-17-. The number of carbonyl (C=O) groups is 1. The Morgan fingerprint density at radius 3 is 1.72 bits per heavy atom. The molecule has 0 bridgehead atoms. The second-order valence-corrected chi connectivity index (χ2v) is 6.55. The van der Waals surface area contributed by atoms with E-state index in [1.165, 1.54) is 25.7 Å². The molecule has 0 aromatic carbocycles. The van der Waals surface area contributed by atoms with Gasteiger partial charge in [-0.1, -0.05) is 82.2 Å². The molecule has 0 aromatic heterocycles. The number of ether oxygens (including phenoxy) is 1. The molecule has 0 aliphatic rings. The van der Waals surface area contributed by atoms with Gasteiger partial charge in [0.25, 0.3) is 0 Å². The van der Waals surface area contributed by atoms with E-state index >= 15 is 0 Å². The lowest BCUT2D eigenvalue weighted by Gasteiger charge is -2.05. The van der Waals surface area contributed by atoms with Gasteiger partial charge in [0.05, 0.1) is 12.5 Å². The molecule has 2 nitrogen and oxygen atoms in total. The summed E-state index contributed by atoms with van der Waals surface area (Å²) in [7, 11) is 0. The predicted molar refractivity (Wildman–Crippen MR) is 110 cm³/mol. The molecule has 0 saturated heterocycles. The van der Waals surface area contributed by atoms with Gasteiger partial charge >= 0.3 is 5.97 Å². The minimum Gasteiger partial charge on any atom is -0.465 e. The average Bonchev–Trinajstić information content (AvgIpc) is 2.60. The molecule has 0 amide bonds. The van der Waals surface area contributed by atoms with E-state index in [1.54, 1.807) is 0 Å². The van der Waals surface area contributed by atoms with Crippen molar-refractivity contribution in [1.82, 2.24) is 0 Å². The molecule has 0 aliphatic heterocycles. The molecule has 0 N–H and O–H groups in total. The minimum absolute atomic E-state index is 0.0310. The third-order valence-electron chi connectivity index (χ3n) is 3.69. The van der Waals surface area contributed by atoms with Crippen LogP contribution in [0.1, 0.15) is 78.6 Å². The summed E-state index contributed by atoms with van der Waals surface area (Å²) in [4.78, 5) is 11.3. The molecule has 0 aromatic rings. The number of hydrogen-bond donors (Lipinski definition) is 0. The number of hydrogen-bond acceptors (Lipinski definition) is 2. The predicted octanol–water partition coefficient (Wildman–Crippen LogP) is 6.94. The lowest BCUT2D eigenvalue weighted by Crippen LogP contribution is -2.12. The fraction of sp³-hybridized carbons (Fsp3) is 0.609. The molecule has 0 atom stereocenters. The minimum atomic E-state index is -0.105. The number of rotatable bonds is 15. The first-order valence-electron chi connectivity index (χ1n) is 9.95. The Kier molecular flexibility index (Phi) is 17.6. The van der Waals surface area contributed by atoms with Crippen molar-refractivity contribution in [2.24, 2.45) is 5.92 Å². The second-order valence-electron chi connectivity index (χ2n) is 6.55. The average molecular weight is 347 g/mol. The maximum Gasteiger partial charge on any atom is 0.308 e. The molecule has 0 rings (SSSR count). The zero-order valence-electron chi connectivity index (χ0n) is 16.6. The Morgan fingerprint density at radius 1 is 0.760 bits per heavy atom. The van der Waals surface area contributed by atoms with Gasteiger partial charge in [0, 0.05) is 0 Å². The third kappa shape index (κ3) is 18.6. The summed E-state index contributed by atoms with van der Waals surface area (Å²) in [6.07, 6.45) is 27.8. The van der Waals surface area contributed by atoms with Gasteiger partial charge in [-0.25, -0.2) is 0 Å². The third-order valence-corrected chi connectivity index (χ3v) is 3.69. The normalized spacial score (nSPS) is 12.5. The van der Waals surface area contributed by atoms with Gasteiger partial charge < -0.3 is 4.74 Å². The highest BCUT2D eigenvalue weighted by atomic mass is 16.5. The maximum atomic E-state index is 11.3. The van der Waals surface area contributed by atoms with Gasteiger partial charge in [-0.05, 0) is 44.9 Å². The largest absolute Gasteiger partial charge is 0.465 e. The summed E-state index contributed by atoms with van der Waals surface area (Å²) in [5.74, 6) is -0.136. The van der Waals surface area contributed by atoms with Gasteiger partial charge in [-0.3, -0.25) is 4.79 Å². The molecule has 0 saturated carbocycles. The molecule has 0 aliphatic carbocycles. The Balaban J connectivity index is 3.44. The first-order chi connectivity index (χ1) is 12.2. The molecule has 0 heterocycles. The quantitative estimate of drug-likeness (QED) is 0.182. The smallest absolute Gasteiger partial charge is 0.308 e. The van der Waals surface area contributed by atoms with Crippen molar-refractivity contribution in [2.45, 2.75) is 78.6 Å². The summed E-state index contributed by atoms with van der Waals surface area (Å²) in [6.45, 7) is 6.47. The van der Waals surface area contributed by atoms with Crippen LogP contribution in [0.2, 0.25) is 0 Å². The summed E-state index contributed by atoms with van der Waals surface area (Å²) in [6, 6.07) is 0. The van der Waals surface area contributed by atoms with Crippen LogP contribution in [0.3, 0.4) is 0 Å². The van der Waals surface area contributed by atoms with Crippen molar-refractivity contribution >= 4 is 5.97 Å². The van der Waals surface area contributed by atoms with Gasteiger partial charge in [-0.15, -0.1) is 0 Å². The molecular weight excluding hydrogens is 308 g/mol. The Bertz CT molecular complexity index is 414. The highest BCUT2D eigenvalue weighted by molar-refractivity contribution is 5.71. The molecule has 0 spiro atoms. The Labute approximate surface area is 155 Å². The van der Waals surface area contributed by atoms with Crippen LogP contribution in [0.25, 0.3) is 0 Å². The van der Waals surface area contributed by atoms with E-state index in [1.807, 2.05) is 13.8 Å². The maximum absolute atomic E-state index is 11.3. The zero-order chi connectivity index (χ0) is 18.6. The summed E-state index contributed by atoms with van der Waals surface area (Å²) >= 11 is 0. The van der Waals surface area contributed by atoms with Crippen molar-refractivity contribution in [1.29, 1.82) is 0 Å². The van der Waals surface area contributed by atoms with Crippen molar-refractivity contribution < 1.29 is 9.53 Å². The zero-order valence-corrected chi connectivity index (χ0v) is 16.6. The molecule has 25 heavy (non-hydrogen) atoms. The fourth-order valence-electron chi connectivity index (χ4n) is 2.10. The van der Waals surface area contributed by atoms with E-state index in [9.17, 15) is 4.79 Å². The SMILES string of the molecule is CCCCC/C=C\C/C=C\C/C=C\C/C=C\CCCOC(=O)C(C)C. The lowest BCUT2D eigenvalue weighted by molar-refractivity contribution is -0.147. The monoisotopic (exact) mass is 346 g/mol. The van der Waals surface area contributed by atoms with E-state index in [-0.39, 0.29) is 11.9 Å². The summed E-state index contributed by atoms with van der Waals surface area (Å²) < 4.78 is 5.13. The van der Waals surface area contributed by atoms with Gasteiger partial charge in [0.15, 0.2) is 0 Å². The van der Waals surface area contributed by atoms with Crippen LogP contribution in [0, 0.1) is 5.92 Å². The molecule has 0 radical (unpaired) electrons. The Hall–Kier alpha value is -1.57. The number of unbranched alkanes of at least 4 members (excludes halogenated alkanes) is 4. The Morgan fingerprint density at radius 2 is 1.24 bits per heavy atom. The lowest BCUT2D eigenvalue weighted by atomic mass is 10.2. The van der Waals surface area contributed by atoms with Gasteiger partial charge in [0.2, 0.25) is 0 Å². The van der Waals surface area contributed by atoms with Crippen molar-refractivity contribution in [3.63, 3.8) is 0 Å². The van der Waals surface area contributed by atoms with Crippen molar-refractivity contribution in [2.75, 3.05) is 6.61 Å². The molecule has 0 unspecified atom stereocenters. The highest BCUT2D eigenvalue weighted by Gasteiger charge is 2.06. The van der Waals surface area contributed by atoms with Crippen LogP contribution in [-0.2, 0) is 9.53 Å². The molecule has 0 fully saturated rings. The van der Waals surface area contributed by atoms with Gasteiger partial charge in [0.1, 0.15) is 0 Å². The summed E-state index contributed by atoms with van der Waals surface area (Å²) in [5.41, 5.74) is 0. The van der Waals surface area contributed by atoms with E-state index in [0.29, 0.717) is 6.61 Å². The van der Waals surface area contributed by atoms with Gasteiger partial charge in [-0.2, -0.15) is 0 Å².